The fourth-order valence-electron chi connectivity index (χ4n) is 2.16. The van der Waals surface area contributed by atoms with Gasteiger partial charge in [-0.2, -0.15) is 0 Å². The number of esters is 1. The summed E-state index contributed by atoms with van der Waals surface area (Å²) in [6.07, 6.45) is 0.992. The van der Waals surface area contributed by atoms with E-state index in [4.69, 9.17) is 4.74 Å². The van der Waals surface area contributed by atoms with E-state index in [0.717, 1.165) is 18.5 Å². The molecule has 1 rings (SSSR count). The molecule has 0 bridgehead atoms. The fourth-order valence-corrected chi connectivity index (χ4v) is 2.16. The Balaban J connectivity index is 2.70. The number of rotatable bonds is 7. The molecule has 112 valence electrons. The van der Waals surface area contributed by atoms with Crippen LogP contribution in [0.4, 0.5) is 0 Å². The zero-order valence-electron chi connectivity index (χ0n) is 13.3. The van der Waals surface area contributed by atoms with Crippen LogP contribution in [0.2, 0.25) is 0 Å². The smallest absolute Gasteiger partial charge is 0.313 e. The van der Waals surface area contributed by atoms with Gasteiger partial charge in [0.25, 0.3) is 0 Å². The molecule has 0 spiro atoms. The summed E-state index contributed by atoms with van der Waals surface area (Å²) in [6, 6.07) is 8.17. The zero-order valence-corrected chi connectivity index (χ0v) is 13.3. The molecule has 3 heteroatoms. The standard InChI is InChI=1S/C17H27NO2/c1-13(2)12-15-8-6-7-9-16(15)14(3)17(19)20-11-10-18(4)5/h6-9,13-14H,10-12H2,1-5H3. The summed E-state index contributed by atoms with van der Waals surface area (Å²) in [5.41, 5.74) is 2.34. The summed E-state index contributed by atoms with van der Waals surface area (Å²) < 4.78 is 5.35. The SMILES string of the molecule is CC(C)Cc1ccccc1C(C)C(=O)OCCN(C)C. The lowest BCUT2D eigenvalue weighted by molar-refractivity contribution is -0.145. The molecule has 0 aromatic heterocycles. The van der Waals surface area contributed by atoms with Crippen LogP contribution in [0.15, 0.2) is 24.3 Å². The zero-order chi connectivity index (χ0) is 15.1. The third kappa shape index (κ3) is 5.33. The van der Waals surface area contributed by atoms with Gasteiger partial charge in [0.1, 0.15) is 6.61 Å². The summed E-state index contributed by atoms with van der Waals surface area (Å²) >= 11 is 0. The van der Waals surface area contributed by atoms with Crippen molar-refractivity contribution in [2.24, 2.45) is 5.92 Å². The predicted molar refractivity (Wildman–Crippen MR) is 82.9 cm³/mol. The minimum atomic E-state index is -0.202. The van der Waals surface area contributed by atoms with Crippen LogP contribution in [0.25, 0.3) is 0 Å². The minimum Gasteiger partial charge on any atom is -0.464 e. The first-order valence-electron chi connectivity index (χ1n) is 7.31. The van der Waals surface area contributed by atoms with Gasteiger partial charge in [0.15, 0.2) is 0 Å². The van der Waals surface area contributed by atoms with Crippen molar-refractivity contribution in [1.82, 2.24) is 4.90 Å². The average molecular weight is 277 g/mol. The van der Waals surface area contributed by atoms with E-state index in [1.54, 1.807) is 0 Å². The quantitative estimate of drug-likeness (QED) is 0.717. The van der Waals surface area contributed by atoms with Crippen LogP contribution in [0, 0.1) is 5.92 Å². The molecule has 0 amide bonds. The fraction of sp³-hybridized carbons (Fsp3) is 0.588. The molecule has 3 nitrogen and oxygen atoms in total. The largest absolute Gasteiger partial charge is 0.464 e. The molecule has 1 atom stereocenters. The molecule has 1 unspecified atom stereocenters. The van der Waals surface area contributed by atoms with E-state index in [2.05, 4.69) is 19.9 Å². The van der Waals surface area contributed by atoms with Gasteiger partial charge in [-0.25, -0.2) is 0 Å². The Morgan fingerprint density at radius 1 is 1.20 bits per heavy atom. The van der Waals surface area contributed by atoms with Gasteiger partial charge in [-0.05, 0) is 44.5 Å². The maximum atomic E-state index is 12.1. The second kappa shape index (κ2) is 8.05. The van der Waals surface area contributed by atoms with Gasteiger partial charge in [-0.3, -0.25) is 4.79 Å². The summed E-state index contributed by atoms with van der Waals surface area (Å²) in [5, 5.41) is 0. The summed E-state index contributed by atoms with van der Waals surface area (Å²) in [7, 11) is 3.93. The molecule has 0 aliphatic rings. The first-order valence-corrected chi connectivity index (χ1v) is 7.31. The van der Waals surface area contributed by atoms with Crippen LogP contribution in [-0.2, 0) is 16.0 Å². The van der Waals surface area contributed by atoms with Gasteiger partial charge < -0.3 is 9.64 Å². The number of ether oxygens (including phenoxy) is 1. The Bertz CT molecular complexity index is 427. The van der Waals surface area contributed by atoms with Crippen molar-refractivity contribution >= 4 is 5.97 Å². The van der Waals surface area contributed by atoms with Crippen LogP contribution >= 0.6 is 0 Å². The van der Waals surface area contributed by atoms with Gasteiger partial charge in [-0.15, -0.1) is 0 Å². The molecule has 0 fully saturated rings. The normalized spacial score (nSPS) is 12.8. The molecule has 0 radical (unpaired) electrons. The second-order valence-corrected chi connectivity index (χ2v) is 5.99. The van der Waals surface area contributed by atoms with Crippen LogP contribution < -0.4 is 0 Å². The van der Waals surface area contributed by atoms with Gasteiger partial charge in [-0.1, -0.05) is 38.1 Å². The van der Waals surface area contributed by atoms with Crippen molar-refractivity contribution in [1.29, 1.82) is 0 Å². The van der Waals surface area contributed by atoms with E-state index in [1.807, 2.05) is 44.1 Å². The number of benzene rings is 1. The molecule has 1 aromatic carbocycles. The predicted octanol–water partition coefficient (Wildman–Crippen LogP) is 3.09. The highest BCUT2D eigenvalue weighted by Gasteiger charge is 2.19. The van der Waals surface area contributed by atoms with Crippen molar-refractivity contribution in [3.8, 4) is 0 Å². The number of hydrogen-bond acceptors (Lipinski definition) is 3. The molecular weight excluding hydrogens is 250 g/mol. The number of carbonyl (C=O) groups excluding carboxylic acids is 1. The van der Waals surface area contributed by atoms with E-state index >= 15 is 0 Å². The van der Waals surface area contributed by atoms with Gasteiger partial charge in [0, 0.05) is 6.54 Å². The summed E-state index contributed by atoms with van der Waals surface area (Å²) in [5.74, 6) is 0.239. The Kier molecular flexibility index (Phi) is 6.73. The van der Waals surface area contributed by atoms with E-state index in [-0.39, 0.29) is 11.9 Å². The maximum Gasteiger partial charge on any atom is 0.313 e. The lowest BCUT2D eigenvalue weighted by atomic mass is 9.91. The highest BCUT2D eigenvalue weighted by molar-refractivity contribution is 5.78. The molecule has 0 saturated carbocycles. The summed E-state index contributed by atoms with van der Waals surface area (Å²) in [6.45, 7) is 7.51. The molecule has 0 aliphatic heterocycles. The molecular formula is C17H27NO2. The minimum absolute atomic E-state index is 0.136. The molecule has 20 heavy (non-hydrogen) atoms. The monoisotopic (exact) mass is 277 g/mol. The topological polar surface area (TPSA) is 29.5 Å². The molecule has 1 aromatic rings. The Morgan fingerprint density at radius 2 is 1.85 bits per heavy atom. The third-order valence-electron chi connectivity index (χ3n) is 3.29. The number of likely N-dealkylation sites (N-methyl/N-ethyl adjacent to an activating group) is 1. The van der Waals surface area contributed by atoms with E-state index in [9.17, 15) is 4.79 Å². The molecule has 0 saturated heterocycles. The van der Waals surface area contributed by atoms with Crippen molar-refractivity contribution in [3.05, 3.63) is 35.4 Å². The summed E-state index contributed by atoms with van der Waals surface area (Å²) in [4.78, 5) is 14.1. The van der Waals surface area contributed by atoms with Crippen LogP contribution in [0.5, 0.6) is 0 Å². The van der Waals surface area contributed by atoms with E-state index in [0.29, 0.717) is 12.5 Å². The van der Waals surface area contributed by atoms with E-state index < -0.39 is 0 Å². The second-order valence-electron chi connectivity index (χ2n) is 5.99. The Hall–Kier alpha value is -1.35. The number of carbonyl (C=O) groups is 1. The highest BCUT2D eigenvalue weighted by atomic mass is 16.5. The van der Waals surface area contributed by atoms with Gasteiger partial charge in [0.05, 0.1) is 5.92 Å². The first-order chi connectivity index (χ1) is 9.41. The van der Waals surface area contributed by atoms with Crippen LogP contribution in [0.1, 0.15) is 37.8 Å². The molecule has 0 heterocycles. The average Bonchev–Trinajstić information content (AvgIpc) is 2.37. The Labute approximate surface area is 122 Å². The van der Waals surface area contributed by atoms with Crippen LogP contribution in [0.3, 0.4) is 0 Å². The third-order valence-corrected chi connectivity index (χ3v) is 3.29. The maximum absolute atomic E-state index is 12.1. The van der Waals surface area contributed by atoms with Gasteiger partial charge in [0.2, 0.25) is 0 Å². The van der Waals surface area contributed by atoms with Gasteiger partial charge >= 0.3 is 5.97 Å². The van der Waals surface area contributed by atoms with Crippen molar-refractivity contribution < 1.29 is 9.53 Å². The number of nitrogens with zero attached hydrogens (tertiary/aromatic N) is 1. The lowest BCUT2D eigenvalue weighted by Crippen LogP contribution is -2.22. The lowest BCUT2D eigenvalue weighted by Gasteiger charge is -2.17. The first kappa shape index (κ1) is 16.7. The molecule has 0 N–H and O–H groups in total. The van der Waals surface area contributed by atoms with Crippen LogP contribution in [-0.4, -0.2) is 38.1 Å². The molecule has 0 aliphatic carbocycles. The van der Waals surface area contributed by atoms with Crippen molar-refractivity contribution in [2.75, 3.05) is 27.2 Å². The van der Waals surface area contributed by atoms with Crippen molar-refractivity contribution in [3.63, 3.8) is 0 Å². The highest BCUT2D eigenvalue weighted by Crippen LogP contribution is 2.23. The van der Waals surface area contributed by atoms with E-state index in [1.165, 1.54) is 5.56 Å². The van der Waals surface area contributed by atoms with Crippen molar-refractivity contribution in [2.45, 2.75) is 33.1 Å². The number of hydrogen-bond donors (Lipinski definition) is 0. The Morgan fingerprint density at radius 3 is 2.45 bits per heavy atom.